The van der Waals surface area contributed by atoms with Gasteiger partial charge in [0.05, 0.1) is 0 Å². The van der Waals surface area contributed by atoms with Crippen molar-refractivity contribution in [3.8, 4) is 5.75 Å². The number of hydrogen-bond acceptors (Lipinski definition) is 3. The molecule has 0 N–H and O–H groups in total. The predicted octanol–water partition coefficient (Wildman–Crippen LogP) is 2.87. The van der Waals surface area contributed by atoms with E-state index in [0.717, 1.165) is 0 Å². The van der Waals surface area contributed by atoms with Crippen molar-refractivity contribution < 1.29 is 14.1 Å². The van der Waals surface area contributed by atoms with Gasteiger partial charge in [-0.3, -0.25) is 4.57 Å². The van der Waals surface area contributed by atoms with Gasteiger partial charge in [0.25, 0.3) is 8.61 Å². The van der Waals surface area contributed by atoms with E-state index >= 15 is 0 Å². The maximum atomic E-state index is 10.9. The predicted molar refractivity (Wildman–Crippen MR) is 57.6 cm³/mol. The Bertz CT molecular complexity index is 290. The van der Waals surface area contributed by atoms with Crippen LogP contribution in [0, 0.1) is 0 Å². The molecule has 0 radical (unpaired) electrons. The van der Waals surface area contributed by atoms with Crippen molar-refractivity contribution in [3.63, 3.8) is 0 Å². The first-order chi connectivity index (χ1) is 7.31. The van der Waals surface area contributed by atoms with Crippen LogP contribution in [0.3, 0.4) is 0 Å². The number of methoxy groups -OCH3 is 1. The Hall–Kier alpha value is -0.960. The minimum atomic E-state index is -0.315. The van der Waals surface area contributed by atoms with Crippen molar-refractivity contribution in [3.05, 3.63) is 30.3 Å². The fourth-order valence-electron chi connectivity index (χ4n) is 1.13. The van der Waals surface area contributed by atoms with Crippen molar-refractivity contribution in [1.82, 2.24) is 4.83 Å². The highest BCUT2D eigenvalue weighted by Crippen LogP contribution is 2.19. The summed E-state index contributed by atoms with van der Waals surface area (Å²) in [5.74, 6) is 0.636. The Kier molecular flexibility index (Phi) is 5.26. The lowest BCUT2D eigenvalue weighted by Crippen LogP contribution is -2.31. The molecule has 1 aromatic carbocycles. The number of nitrogens with zero attached hydrogens (tertiary/aromatic N) is 1. The molecule has 82 valence electrons. The topological polar surface area (TPSA) is 38.8 Å². The second-order valence-electron chi connectivity index (χ2n) is 2.89. The van der Waals surface area contributed by atoms with Crippen molar-refractivity contribution >= 4 is 8.61 Å². The van der Waals surface area contributed by atoms with Crippen LogP contribution in [0.2, 0.25) is 0 Å². The lowest BCUT2D eigenvalue weighted by Gasteiger charge is -2.22. The minimum absolute atomic E-state index is 0.219. The SMILES string of the molecule is CCC(OC)N(Oc1ccccc1)P=O. The van der Waals surface area contributed by atoms with E-state index in [2.05, 4.69) is 0 Å². The summed E-state index contributed by atoms with van der Waals surface area (Å²) in [5.41, 5.74) is 0. The highest BCUT2D eigenvalue weighted by molar-refractivity contribution is 7.20. The molecule has 0 aliphatic rings. The van der Waals surface area contributed by atoms with Gasteiger partial charge in [0.1, 0.15) is 5.75 Å². The van der Waals surface area contributed by atoms with Gasteiger partial charge >= 0.3 is 0 Å². The van der Waals surface area contributed by atoms with Crippen molar-refractivity contribution in [2.24, 2.45) is 0 Å². The van der Waals surface area contributed by atoms with Gasteiger partial charge in [-0.25, -0.2) is 0 Å². The monoisotopic (exact) mass is 227 g/mol. The van der Waals surface area contributed by atoms with E-state index < -0.39 is 0 Å². The standard InChI is InChI=1S/C10H14NO3P/c1-3-10(13-2)11(15-12)14-9-7-5-4-6-8-9/h4-8,10H,3H2,1-2H3. The smallest absolute Gasteiger partial charge is 0.288 e. The van der Waals surface area contributed by atoms with Gasteiger partial charge in [-0.1, -0.05) is 25.1 Å². The molecule has 0 bridgehead atoms. The number of para-hydroxylation sites is 1. The largest absolute Gasteiger partial charge is 0.392 e. The molecule has 0 saturated carbocycles. The summed E-state index contributed by atoms with van der Waals surface area (Å²) in [6, 6.07) is 9.17. The lowest BCUT2D eigenvalue weighted by molar-refractivity contribution is -0.115. The third-order valence-corrected chi connectivity index (χ3v) is 2.39. The van der Waals surface area contributed by atoms with Crippen LogP contribution in [0.4, 0.5) is 0 Å². The van der Waals surface area contributed by atoms with Crippen LogP contribution in [0.15, 0.2) is 30.3 Å². The van der Waals surface area contributed by atoms with Gasteiger partial charge in [0.15, 0.2) is 6.23 Å². The third-order valence-electron chi connectivity index (χ3n) is 1.89. The highest BCUT2D eigenvalue weighted by Gasteiger charge is 2.18. The van der Waals surface area contributed by atoms with E-state index in [1.165, 1.54) is 4.83 Å². The van der Waals surface area contributed by atoms with Gasteiger partial charge in [0.2, 0.25) is 0 Å². The molecule has 0 spiro atoms. The fourth-order valence-corrected chi connectivity index (χ4v) is 1.62. The van der Waals surface area contributed by atoms with Gasteiger partial charge in [-0.15, -0.1) is 0 Å². The van der Waals surface area contributed by atoms with E-state index in [9.17, 15) is 4.57 Å². The van der Waals surface area contributed by atoms with E-state index in [1.54, 1.807) is 19.2 Å². The molecule has 0 fully saturated rings. The first-order valence-corrected chi connectivity index (χ1v) is 5.46. The molecule has 15 heavy (non-hydrogen) atoms. The minimum Gasteiger partial charge on any atom is -0.392 e. The molecule has 1 aromatic rings. The molecule has 4 nitrogen and oxygen atoms in total. The van der Waals surface area contributed by atoms with Crippen molar-refractivity contribution in [2.75, 3.05) is 7.11 Å². The van der Waals surface area contributed by atoms with Gasteiger partial charge < -0.3 is 9.57 Å². The Labute approximate surface area is 91.0 Å². The average molecular weight is 227 g/mol. The summed E-state index contributed by atoms with van der Waals surface area (Å²) in [5, 5.41) is 0. The van der Waals surface area contributed by atoms with E-state index in [-0.39, 0.29) is 14.8 Å². The molecule has 0 aromatic heterocycles. The van der Waals surface area contributed by atoms with Crippen LogP contribution in [0.25, 0.3) is 0 Å². The van der Waals surface area contributed by atoms with E-state index in [4.69, 9.17) is 9.57 Å². The molecule has 0 aliphatic carbocycles. The molecule has 0 saturated heterocycles. The zero-order chi connectivity index (χ0) is 11.1. The first kappa shape index (κ1) is 12.1. The zero-order valence-electron chi connectivity index (χ0n) is 8.79. The van der Waals surface area contributed by atoms with Crippen LogP contribution >= 0.6 is 8.61 Å². The normalized spacial score (nSPS) is 13.0. The molecule has 0 amide bonds. The average Bonchev–Trinajstić information content (AvgIpc) is 2.30. The Balaban J connectivity index is 2.65. The molecule has 1 rings (SSSR count). The molecule has 1 atom stereocenters. The molecule has 0 aliphatic heterocycles. The second kappa shape index (κ2) is 6.51. The van der Waals surface area contributed by atoms with Gasteiger partial charge in [0, 0.05) is 7.11 Å². The molecule has 0 heterocycles. The summed E-state index contributed by atoms with van der Waals surface area (Å²) < 4.78 is 16.0. The van der Waals surface area contributed by atoms with Crippen LogP contribution in [0.5, 0.6) is 5.75 Å². The molecular weight excluding hydrogens is 213 g/mol. The quantitative estimate of drug-likeness (QED) is 0.425. The van der Waals surface area contributed by atoms with Crippen LogP contribution in [0.1, 0.15) is 13.3 Å². The van der Waals surface area contributed by atoms with Crippen molar-refractivity contribution in [2.45, 2.75) is 19.6 Å². The number of hydrogen-bond donors (Lipinski definition) is 0. The van der Waals surface area contributed by atoms with Crippen LogP contribution in [-0.2, 0) is 9.30 Å². The number of ether oxygens (including phenoxy) is 1. The Morgan fingerprint density at radius 3 is 2.53 bits per heavy atom. The lowest BCUT2D eigenvalue weighted by atomic mass is 10.3. The fraction of sp³-hybridized carbons (Fsp3) is 0.400. The van der Waals surface area contributed by atoms with Gasteiger partial charge in [-0.2, -0.15) is 0 Å². The Morgan fingerprint density at radius 1 is 1.40 bits per heavy atom. The van der Waals surface area contributed by atoms with E-state index in [0.29, 0.717) is 12.2 Å². The van der Waals surface area contributed by atoms with Gasteiger partial charge in [-0.05, 0) is 23.4 Å². The molecule has 5 heteroatoms. The number of benzene rings is 1. The third kappa shape index (κ3) is 3.59. The van der Waals surface area contributed by atoms with Crippen molar-refractivity contribution in [1.29, 1.82) is 0 Å². The molecule has 1 unspecified atom stereocenters. The van der Waals surface area contributed by atoms with Crippen LogP contribution < -0.4 is 4.84 Å². The zero-order valence-corrected chi connectivity index (χ0v) is 9.68. The Morgan fingerprint density at radius 2 is 2.07 bits per heavy atom. The van der Waals surface area contributed by atoms with E-state index in [1.807, 2.05) is 25.1 Å². The summed E-state index contributed by atoms with van der Waals surface area (Å²) in [4.78, 5) is 6.65. The number of hydroxylamine groups is 1. The second-order valence-corrected chi connectivity index (χ2v) is 3.44. The maximum absolute atomic E-state index is 10.9. The van der Waals surface area contributed by atoms with Crippen LogP contribution in [-0.4, -0.2) is 18.2 Å². The first-order valence-electron chi connectivity index (χ1n) is 4.70. The number of rotatable bonds is 6. The highest BCUT2D eigenvalue weighted by atomic mass is 31.1. The molecular formula is C10H14NO3P. The summed E-state index contributed by atoms with van der Waals surface area (Å²) in [7, 11) is 1.34. The summed E-state index contributed by atoms with van der Waals surface area (Å²) >= 11 is 0. The maximum Gasteiger partial charge on any atom is 0.288 e. The summed E-state index contributed by atoms with van der Waals surface area (Å²) in [6.07, 6.45) is 0.378. The summed E-state index contributed by atoms with van der Waals surface area (Å²) in [6.45, 7) is 1.93.